The molecule has 27 heavy (non-hydrogen) atoms. The molecule has 0 spiro atoms. The Morgan fingerprint density at radius 2 is 1.93 bits per heavy atom. The third-order valence-electron chi connectivity index (χ3n) is 4.48. The average Bonchev–Trinajstić information content (AvgIpc) is 3.20. The van der Waals surface area contributed by atoms with Gasteiger partial charge in [-0.2, -0.15) is 0 Å². The van der Waals surface area contributed by atoms with Gasteiger partial charge in [0.2, 0.25) is 0 Å². The van der Waals surface area contributed by atoms with Gasteiger partial charge in [-0.1, -0.05) is 12.1 Å². The number of para-hydroxylation sites is 1. The molecule has 138 valence electrons. The number of imidazole rings is 1. The molecule has 0 N–H and O–H groups in total. The van der Waals surface area contributed by atoms with Gasteiger partial charge in [-0.05, 0) is 44.2 Å². The van der Waals surface area contributed by atoms with E-state index in [1.165, 1.54) is 0 Å². The van der Waals surface area contributed by atoms with Crippen LogP contribution < -0.4 is 5.69 Å². The van der Waals surface area contributed by atoms with Crippen molar-refractivity contribution in [3.05, 3.63) is 63.5 Å². The molecule has 4 aromatic rings. The van der Waals surface area contributed by atoms with Crippen LogP contribution in [0.1, 0.15) is 29.2 Å². The number of nitrogens with zero attached hydrogens (tertiary/aromatic N) is 3. The van der Waals surface area contributed by atoms with Gasteiger partial charge in [0, 0.05) is 6.54 Å². The second kappa shape index (κ2) is 7.00. The molecular formula is C20H19N3O3S. The summed E-state index contributed by atoms with van der Waals surface area (Å²) in [6.45, 7) is 4.94. The van der Waals surface area contributed by atoms with Crippen molar-refractivity contribution in [2.75, 3.05) is 6.61 Å². The van der Waals surface area contributed by atoms with E-state index < -0.39 is 0 Å². The van der Waals surface area contributed by atoms with E-state index in [1.54, 1.807) is 45.6 Å². The zero-order chi connectivity index (χ0) is 19.0. The Balaban J connectivity index is 1.84. The van der Waals surface area contributed by atoms with E-state index in [1.807, 2.05) is 31.2 Å². The molecule has 2 aromatic carbocycles. The molecule has 7 heteroatoms. The summed E-state index contributed by atoms with van der Waals surface area (Å²) < 4.78 is 9.57. The Bertz CT molecular complexity index is 1170. The van der Waals surface area contributed by atoms with Crippen LogP contribution in [-0.2, 0) is 17.8 Å². The molecule has 0 radical (unpaired) electrons. The number of rotatable bonds is 5. The number of aryl methyl sites for hydroxylation is 1. The molecule has 2 aromatic heterocycles. The highest BCUT2D eigenvalue weighted by Crippen LogP contribution is 2.24. The maximum Gasteiger partial charge on any atom is 0.338 e. The first-order chi connectivity index (χ1) is 13.1. The molecule has 2 heterocycles. The van der Waals surface area contributed by atoms with Gasteiger partial charge in [0.05, 0.1) is 40.0 Å². The van der Waals surface area contributed by atoms with Crippen molar-refractivity contribution >= 4 is 38.6 Å². The fraction of sp³-hybridized carbons (Fsp3) is 0.250. The van der Waals surface area contributed by atoms with Crippen LogP contribution in [0, 0.1) is 0 Å². The molecule has 0 aliphatic heterocycles. The number of carbonyl (C=O) groups is 1. The summed E-state index contributed by atoms with van der Waals surface area (Å²) in [4.78, 5) is 29.7. The summed E-state index contributed by atoms with van der Waals surface area (Å²) in [7, 11) is 0. The van der Waals surface area contributed by atoms with E-state index in [9.17, 15) is 9.59 Å². The summed E-state index contributed by atoms with van der Waals surface area (Å²) in [5.74, 6) is -0.386. The molecule has 0 amide bonds. The normalized spacial score (nSPS) is 11.3. The number of hydrogen-bond donors (Lipinski definition) is 0. The van der Waals surface area contributed by atoms with Gasteiger partial charge in [-0.3, -0.25) is 9.13 Å². The summed E-state index contributed by atoms with van der Waals surface area (Å²) in [6, 6.07) is 13.2. The number of benzene rings is 2. The molecule has 0 aliphatic carbocycles. The maximum atomic E-state index is 12.9. The van der Waals surface area contributed by atoms with Crippen LogP contribution in [0.4, 0.5) is 0 Å². The number of esters is 1. The lowest BCUT2D eigenvalue weighted by Crippen LogP contribution is -2.24. The highest BCUT2D eigenvalue weighted by molar-refractivity contribution is 7.18. The first-order valence-corrected chi connectivity index (χ1v) is 9.68. The van der Waals surface area contributed by atoms with Crippen LogP contribution >= 0.6 is 11.3 Å². The second-order valence-electron chi connectivity index (χ2n) is 6.11. The van der Waals surface area contributed by atoms with Gasteiger partial charge in [0.1, 0.15) is 5.01 Å². The first kappa shape index (κ1) is 17.5. The highest BCUT2D eigenvalue weighted by atomic mass is 32.1. The Morgan fingerprint density at radius 3 is 2.67 bits per heavy atom. The third kappa shape index (κ3) is 3.04. The van der Waals surface area contributed by atoms with E-state index in [2.05, 4.69) is 4.98 Å². The van der Waals surface area contributed by atoms with Crippen molar-refractivity contribution in [1.82, 2.24) is 14.1 Å². The molecule has 6 nitrogen and oxygen atoms in total. The topological polar surface area (TPSA) is 66.1 Å². The molecule has 0 fully saturated rings. The number of hydrogen-bond acceptors (Lipinski definition) is 5. The smallest absolute Gasteiger partial charge is 0.338 e. The van der Waals surface area contributed by atoms with Crippen LogP contribution in [0.3, 0.4) is 0 Å². The average molecular weight is 381 g/mol. The van der Waals surface area contributed by atoms with E-state index in [-0.39, 0.29) is 11.7 Å². The standard InChI is InChI=1S/C20H19N3O3S/c1-3-22-15-10-9-13(19(24)26-4-2)11-16(15)23(20(22)25)12-18-21-14-7-5-6-8-17(14)27-18/h5-11H,3-4,12H2,1-2H3. The Morgan fingerprint density at radius 1 is 1.11 bits per heavy atom. The van der Waals surface area contributed by atoms with Crippen LogP contribution in [-0.4, -0.2) is 26.7 Å². The lowest BCUT2D eigenvalue weighted by atomic mass is 10.2. The van der Waals surface area contributed by atoms with Crippen LogP contribution in [0.25, 0.3) is 21.3 Å². The largest absolute Gasteiger partial charge is 0.462 e. The fourth-order valence-electron chi connectivity index (χ4n) is 3.24. The van der Waals surface area contributed by atoms with Gasteiger partial charge in [0.15, 0.2) is 0 Å². The number of aromatic nitrogens is 3. The van der Waals surface area contributed by atoms with Crippen LogP contribution in [0.2, 0.25) is 0 Å². The molecule has 0 saturated carbocycles. The molecule has 0 saturated heterocycles. The summed E-state index contributed by atoms with van der Waals surface area (Å²) in [6.07, 6.45) is 0. The van der Waals surface area contributed by atoms with Crippen molar-refractivity contribution < 1.29 is 9.53 Å². The third-order valence-corrected chi connectivity index (χ3v) is 5.50. The van der Waals surface area contributed by atoms with Crippen molar-refractivity contribution in [2.24, 2.45) is 0 Å². The molecule has 4 rings (SSSR count). The van der Waals surface area contributed by atoms with E-state index >= 15 is 0 Å². The molecule has 0 atom stereocenters. The SMILES string of the molecule is CCOC(=O)c1ccc2c(c1)n(Cc1nc3ccccc3s1)c(=O)n2CC. The van der Waals surface area contributed by atoms with Crippen LogP contribution in [0.15, 0.2) is 47.3 Å². The maximum absolute atomic E-state index is 12.9. The monoisotopic (exact) mass is 381 g/mol. The zero-order valence-electron chi connectivity index (χ0n) is 15.1. The zero-order valence-corrected chi connectivity index (χ0v) is 16.0. The molecule has 0 aliphatic rings. The van der Waals surface area contributed by atoms with Gasteiger partial charge >= 0.3 is 11.7 Å². The Kier molecular flexibility index (Phi) is 4.53. The highest BCUT2D eigenvalue weighted by Gasteiger charge is 2.17. The summed E-state index contributed by atoms with van der Waals surface area (Å²) in [5.41, 5.74) is 2.78. The minimum Gasteiger partial charge on any atom is -0.462 e. The number of fused-ring (bicyclic) bond motifs is 2. The predicted molar refractivity (Wildman–Crippen MR) is 107 cm³/mol. The number of carbonyl (C=O) groups excluding carboxylic acids is 1. The lowest BCUT2D eigenvalue weighted by Gasteiger charge is -2.04. The van der Waals surface area contributed by atoms with Crippen molar-refractivity contribution in [3.8, 4) is 0 Å². The van der Waals surface area contributed by atoms with Crippen molar-refractivity contribution in [1.29, 1.82) is 0 Å². The van der Waals surface area contributed by atoms with Gasteiger partial charge in [-0.25, -0.2) is 14.6 Å². The van der Waals surface area contributed by atoms with Crippen molar-refractivity contribution in [3.63, 3.8) is 0 Å². The van der Waals surface area contributed by atoms with E-state index in [0.29, 0.717) is 30.8 Å². The minimum absolute atomic E-state index is 0.104. The Hall–Kier alpha value is -2.93. The van der Waals surface area contributed by atoms with E-state index in [0.717, 1.165) is 20.7 Å². The lowest BCUT2D eigenvalue weighted by molar-refractivity contribution is 0.0526. The first-order valence-electron chi connectivity index (χ1n) is 8.87. The Labute approximate surface area is 159 Å². The van der Waals surface area contributed by atoms with Gasteiger partial charge < -0.3 is 4.74 Å². The van der Waals surface area contributed by atoms with Gasteiger partial charge in [0.25, 0.3) is 0 Å². The van der Waals surface area contributed by atoms with Crippen LogP contribution in [0.5, 0.6) is 0 Å². The minimum atomic E-state index is -0.386. The molecular weight excluding hydrogens is 362 g/mol. The molecule has 0 bridgehead atoms. The molecule has 0 unspecified atom stereocenters. The second-order valence-corrected chi connectivity index (χ2v) is 7.23. The number of ether oxygens (including phenoxy) is 1. The van der Waals surface area contributed by atoms with Gasteiger partial charge in [-0.15, -0.1) is 11.3 Å². The van der Waals surface area contributed by atoms with Crippen molar-refractivity contribution in [2.45, 2.75) is 26.9 Å². The van der Waals surface area contributed by atoms with E-state index in [4.69, 9.17) is 4.74 Å². The predicted octanol–water partition coefficient (Wildman–Crippen LogP) is 3.66. The fourth-order valence-corrected chi connectivity index (χ4v) is 4.20. The summed E-state index contributed by atoms with van der Waals surface area (Å²) >= 11 is 1.57. The summed E-state index contributed by atoms with van der Waals surface area (Å²) in [5, 5.41) is 0.856. The quantitative estimate of drug-likeness (QED) is 0.495. The number of thiazole rings is 1.